The van der Waals surface area contributed by atoms with E-state index in [9.17, 15) is 4.79 Å². The molecule has 4 nitrogen and oxygen atoms in total. The molecule has 0 heterocycles. The normalized spacial score (nSPS) is 12.4. The van der Waals surface area contributed by atoms with Crippen molar-refractivity contribution >= 4 is 22.8 Å². The predicted molar refractivity (Wildman–Crippen MR) is 50.6 cm³/mol. The summed E-state index contributed by atoms with van der Waals surface area (Å²) in [4.78, 5) is 10.5. The molecule has 2 radical (unpaired) electrons. The van der Waals surface area contributed by atoms with Gasteiger partial charge >= 0.3 is 89.3 Å². The molecular formula is C9H9AsO4. The molecule has 0 spiro atoms. The van der Waals surface area contributed by atoms with Crippen molar-refractivity contribution in [3.05, 3.63) is 23.8 Å². The summed E-state index contributed by atoms with van der Waals surface area (Å²) < 4.78 is -0.563. The van der Waals surface area contributed by atoms with E-state index in [-0.39, 0.29) is 11.5 Å². The summed E-state index contributed by atoms with van der Waals surface area (Å²) >= 11 is 2.05. The zero-order valence-electron chi connectivity index (χ0n) is 7.21. The number of carboxylic acids is 1. The van der Waals surface area contributed by atoms with Crippen molar-refractivity contribution in [1.29, 1.82) is 0 Å². The zero-order chi connectivity index (χ0) is 10.7. The third-order valence-corrected chi connectivity index (χ3v) is 2.60. The average Bonchev–Trinajstić information content (AvgIpc) is 2.11. The second-order valence-electron chi connectivity index (χ2n) is 2.88. The van der Waals surface area contributed by atoms with Gasteiger partial charge in [0.1, 0.15) is 0 Å². The summed E-state index contributed by atoms with van der Waals surface area (Å²) in [6.07, 6.45) is 0.309. The van der Waals surface area contributed by atoms with Gasteiger partial charge in [0.2, 0.25) is 0 Å². The molecule has 1 aromatic rings. The molecule has 0 saturated heterocycles. The van der Waals surface area contributed by atoms with Gasteiger partial charge in [0.25, 0.3) is 0 Å². The van der Waals surface area contributed by atoms with Gasteiger partial charge in [0.15, 0.2) is 0 Å². The summed E-state index contributed by atoms with van der Waals surface area (Å²) in [5, 5.41) is 26.8. The van der Waals surface area contributed by atoms with Crippen molar-refractivity contribution < 1.29 is 20.1 Å². The first kappa shape index (κ1) is 10.9. The summed E-state index contributed by atoms with van der Waals surface area (Å²) in [6, 6.07) is 4.28. The fraction of sp³-hybridized carbons (Fsp3) is 0.222. The Morgan fingerprint density at radius 1 is 1.36 bits per heavy atom. The maximum atomic E-state index is 10.5. The van der Waals surface area contributed by atoms with E-state index < -0.39 is 10.7 Å². The molecule has 5 heteroatoms. The van der Waals surface area contributed by atoms with Gasteiger partial charge in [0, 0.05) is 0 Å². The van der Waals surface area contributed by atoms with Crippen molar-refractivity contribution in [2.75, 3.05) is 0 Å². The SMILES string of the molecule is O=C(O)[C@@H]([As])Cc1ccc(O)c(O)c1. The van der Waals surface area contributed by atoms with Gasteiger partial charge in [-0.05, 0) is 0 Å². The maximum absolute atomic E-state index is 10.5. The Hall–Kier alpha value is -1.15. The van der Waals surface area contributed by atoms with Gasteiger partial charge in [0.05, 0.1) is 0 Å². The molecule has 3 N–H and O–H groups in total. The molecule has 1 aromatic carbocycles. The number of benzene rings is 1. The first-order chi connectivity index (χ1) is 6.50. The van der Waals surface area contributed by atoms with E-state index in [1.807, 2.05) is 0 Å². The molecule has 0 aliphatic carbocycles. The van der Waals surface area contributed by atoms with Gasteiger partial charge in [-0.2, -0.15) is 0 Å². The number of phenols is 2. The number of carboxylic acid groups (broad SMARTS) is 1. The van der Waals surface area contributed by atoms with E-state index in [0.29, 0.717) is 12.0 Å². The zero-order valence-corrected chi connectivity index (χ0v) is 9.09. The first-order valence-corrected chi connectivity index (χ1v) is 5.01. The van der Waals surface area contributed by atoms with Gasteiger partial charge < -0.3 is 0 Å². The predicted octanol–water partition coefficient (Wildman–Crippen LogP) is 0.682. The number of hydrogen-bond donors (Lipinski definition) is 3. The molecule has 0 aliphatic heterocycles. The Labute approximate surface area is 89.7 Å². The minimum absolute atomic E-state index is 0.203. The van der Waals surface area contributed by atoms with E-state index in [1.165, 1.54) is 12.1 Å². The molecule has 0 aromatic heterocycles. The fourth-order valence-electron chi connectivity index (χ4n) is 1.01. The molecule has 0 amide bonds. The van der Waals surface area contributed by atoms with Gasteiger partial charge in [-0.15, -0.1) is 0 Å². The molecular weight excluding hydrogens is 247 g/mol. The first-order valence-electron chi connectivity index (χ1n) is 3.92. The Bertz CT molecular complexity index is 351. The van der Waals surface area contributed by atoms with E-state index in [0.717, 1.165) is 0 Å². The van der Waals surface area contributed by atoms with Gasteiger partial charge in [-0.3, -0.25) is 0 Å². The van der Waals surface area contributed by atoms with Crippen LogP contribution < -0.4 is 0 Å². The van der Waals surface area contributed by atoms with Crippen LogP contribution in [0.4, 0.5) is 0 Å². The van der Waals surface area contributed by atoms with Crippen molar-refractivity contribution in [3.8, 4) is 11.5 Å². The Morgan fingerprint density at radius 2 is 2.00 bits per heavy atom. The number of phenolic OH excluding ortho intramolecular Hbond substituents is 2. The van der Waals surface area contributed by atoms with Crippen LogP contribution >= 0.6 is 0 Å². The molecule has 1 rings (SSSR count). The second-order valence-corrected chi connectivity index (χ2v) is 4.19. The third kappa shape index (κ3) is 2.67. The summed E-state index contributed by atoms with van der Waals surface area (Å²) in [7, 11) is 0. The second kappa shape index (κ2) is 4.38. The van der Waals surface area contributed by atoms with Crippen molar-refractivity contribution in [2.45, 2.75) is 11.1 Å². The molecule has 0 bridgehead atoms. The standard InChI is InChI=1S/C9H9AsO4/c10-6(9(13)14)3-5-1-2-7(11)8(12)4-5/h1-2,4,6,11-12H,3H2,(H,13,14)/t6-/m0/s1. The third-order valence-electron chi connectivity index (χ3n) is 1.75. The van der Waals surface area contributed by atoms with Crippen LogP contribution in [0.25, 0.3) is 0 Å². The van der Waals surface area contributed by atoms with Gasteiger partial charge in [-0.25, -0.2) is 0 Å². The minimum atomic E-state index is -0.905. The fourth-order valence-corrected chi connectivity index (χ4v) is 1.45. The van der Waals surface area contributed by atoms with E-state index in [2.05, 4.69) is 16.9 Å². The molecule has 0 unspecified atom stereocenters. The monoisotopic (exact) mass is 256 g/mol. The van der Waals surface area contributed by atoms with Crippen LogP contribution in [-0.4, -0.2) is 38.1 Å². The number of aromatic hydroxyl groups is 2. The summed E-state index contributed by atoms with van der Waals surface area (Å²) in [6.45, 7) is 0. The van der Waals surface area contributed by atoms with Crippen LogP contribution in [0.3, 0.4) is 0 Å². The molecule has 0 aliphatic rings. The molecule has 1 atom stereocenters. The molecule has 0 saturated carbocycles. The molecule has 74 valence electrons. The van der Waals surface area contributed by atoms with Crippen molar-refractivity contribution in [1.82, 2.24) is 0 Å². The molecule has 14 heavy (non-hydrogen) atoms. The van der Waals surface area contributed by atoms with Gasteiger partial charge in [-0.1, -0.05) is 0 Å². The van der Waals surface area contributed by atoms with Crippen LogP contribution in [0, 0.1) is 0 Å². The number of hydrogen-bond acceptors (Lipinski definition) is 3. The van der Waals surface area contributed by atoms with Crippen molar-refractivity contribution in [3.63, 3.8) is 0 Å². The summed E-state index contributed by atoms with van der Waals surface area (Å²) in [5.41, 5.74) is 0.674. The molecule has 0 fully saturated rings. The van der Waals surface area contributed by atoms with E-state index in [1.54, 1.807) is 6.07 Å². The Kier molecular flexibility index (Phi) is 3.42. The average molecular weight is 256 g/mol. The Morgan fingerprint density at radius 3 is 2.50 bits per heavy atom. The van der Waals surface area contributed by atoms with Crippen LogP contribution in [-0.2, 0) is 11.2 Å². The van der Waals surface area contributed by atoms with Crippen LogP contribution in [0.1, 0.15) is 5.56 Å². The Balaban J connectivity index is 2.78. The van der Waals surface area contributed by atoms with Crippen LogP contribution in [0.2, 0.25) is 4.71 Å². The quantitative estimate of drug-likeness (QED) is 0.549. The number of carbonyl (C=O) groups is 1. The van der Waals surface area contributed by atoms with E-state index >= 15 is 0 Å². The van der Waals surface area contributed by atoms with Crippen LogP contribution in [0.15, 0.2) is 18.2 Å². The number of rotatable bonds is 3. The van der Waals surface area contributed by atoms with E-state index in [4.69, 9.17) is 15.3 Å². The number of aliphatic carboxylic acids is 1. The van der Waals surface area contributed by atoms with Crippen molar-refractivity contribution in [2.24, 2.45) is 0 Å². The summed E-state index contributed by atoms with van der Waals surface area (Å²) in [5.74, 6) is -1.34. The topological polar surface area (TPSA) is 77.8 Å². The van der Waals surface area contributed by atoms with Crippen LogP contribution in [0.5, 0.6) is 11.5 Å².